The molecule has 0 aliphatic carbocycles. The van der Waals surface area contributed by atoms with Crippen molar-refractivity contribution < 1.29 is 9.18 Å². The molecule has 3 rings (SSSR count). The zero-order chi connectivity index (χ0) is 19.1. The number of carbonyl (C=O) groups excluding carboxylic acids is 1. The van der Waals surface area contributed by atoms with E-state index in [0.29, 0.717) is 10.7 Å². The van der Waals surface area contributed by atoms with Crippen LogP contribution in [0.5, 0.6) is 0 Å². The molecule has 4 nitrogen and oxygen atoms in total. The van der Waals surface area contributed by atoms with E-state index in [1.807, 2.05) is 19.9 Å². The number of halogens is 2. The predicted molar refractivity (Wildman–Crippen MR) is 103 cm³/mol. The largest absolute Gasteiger partial charge is 0.354 e. The summed E-state index contributed by atoms with van der Waals surface area (Å²) in [6.45, 7) is 5.34. The van der Waals surface area contributed by atoms with E-state index < -0.39 is 0 Å². The Morgan fingerprint density at radius 3 is 2.35 bits per heavy atom. The standard InChI is InChI=1S/C12H11FN2.C8H8ClNO/c1-9-6-7-14-8-12(9)15-11-4-2-10(13)3-5-11;1-5-3-8(9)10-4-7(5)6(2)11/h2-8,15H,1H3;3-4H,1-2H3. The van der Waals surface area contributed by atoms with Gasteiger partial charge >= 0.3 is 0 Å². The van der Waals surface area contributed by atoms with E-state index >= 15 is 0 Å². The quantitative estimate of drug-likeness (QED) is 0.486. The fourth-order valence-electron chi connectivity index (χ4n) is 2.17. The zero-order valence-electron chi connectivity index (χ0n) is 14.8. The van der Waals surface area contributed by atoms with Crippen LogP contribution in [0.2, 0.25) is 5.15 Å². The van der Waals surface area contributed by atoms with Crippen LogP contribution in [0.4, 0.5) is 15.8 Å². The molecule has 1 aromatic carbocycles. The van der Waals surface area contributed by atoms with Gasteiger partial charge in [0, 0.05) is 23.6 Å². The number of nitrogens with one attached hydrogen (secondary N) is 1. The second-order valence-corrected chi connectivity index (χ2v) is 6.09. The molecule has 0 spiro atoms. The van der Waals surface area contributed by atoms with Crippen molar-refractivity contribution in [3.8, 4) is 0 Å². The number of ketones is 1. The normalized spacial score (nSPS) is 9.88. The van der Waals surface area contributed by atoms with E-state index in [0.717, 1.165) is 22.5 Å². The van der Waals surface area contributed by atoms with Gasteiger partial charge in [-0.2, -0.15) is 0 Å². The molecule has 0 radical (unpaired) electrons. The topological polar surface area (TPSA) is 54.9 Å². The lowest BCUT2D eigenvalue weighted by Gasteiger charge is -2.08. The number of nitrogens with zero attached hydrogens (tertiary/aromatic N) is 2. The van der Waals surface area contributed by atoms with Gasteiger partial charge in [-0.25, -0.2) is 9.37 Å². The first-order valence-corrected chi connectivity index (χ1v) is 8.31. The molecule has 2 aromatic heterocycles. The van der Waals surface area contributed by atoms with E-state index in [9.17, 15) is 9.18 Å². The molecule has 1 N–H and O–H groups in total. The molecule has 0 amide bonds. The van der Waals surface area contributed by atoms with Crippen LogP contribution in [0.25, 0.3) is 0 Å². The first-order valence-electron chi connectivity index (χ1n) is 7.93. The highest BCUT2D eigenvalue weighted by Gasteiger charge is 2.03. The van der Waals surface area contributed by atoms with Gasteiger partial charge in [0.15, 0.2) is 5.78 Å². The van der Waals surface area contributed by atoms with Crippen LogP contribution in [0, 0.1) is 19.7 Å². The molecule has 2 heterocycles. The minimum atomic E-state index is -0.233. The summed E-state index contributed by atoms with van der Waals surface area (Å²) in [6, 6.07) is 9.84. The summed E-state index contributed by atoms with van der Waals surface area (Å²) in [7, 11) is 0. The van der Waals surface area contributed by atoms with Gasteiger partial charge < -0.3 is 5.32 Å². The Labute approximate surface area is 157 Å². The molecule has 0 bridgehead atoms. The van der Waals surface area contributed by atoms with Crippen LogP contribution in [-0.4, -0.2) is 15.8 Å². The molecule has 0 aliphatic rings. The van der Waals surface area contributed by atoms with Crippen molar-refractivity contribution >= 4 is 28.8 Å². The molecule has 6 heteroatoms. The highest BCUT2D eigenvalue weighted by atomic mass is 35.5. The summed E-state index contributed by atoms with van der Waals surface area (Å²) in [6.07, 6.45) is 4.99. The fourth-order valence-corrected chi connectivity index (χ4v) is 2.39. The molecule has 0 fully saturated rings. The lowest BCUT2D eigenvalue weighted by molar-refractivity contribution is 0.101. The Hall–Kier alpha value is -2.79. The maximum atomic E-state index is 12.7. The monoisotopic (exact) mass is 371 g/mol. The molecule has 0 unspecified atom stereocenters. The Kier molecular flexibility index (Phi) is 6.81. The second kappa shape index (κ2) is 9.06. The Morgan fingerprint density at radius 2 is 1.77 bits per heavy atom. The average Bonchev–Trinajstić information content (AvgIpc) is 2.59. The summed E-state index contributed by atoms with van der Waals surface area (Å²) in [5.41, 5.74) is 4.40. The number of aromatic nitrogens is 2. The van der Waals surface area contributed by atoms with Crippen LogP contribution in [0.15, 0.2) is 55.0 Å². The van der Waals surface area contributed by atoms with Gasteiger partial charge in [0.05, 0.1) is 11.9 Å². The maximum Gasteiger partial charge on any atom is 0.161 e. The van der Waals surface area contributed by atoms with E-state index in [-0.39, 0.29) is 11.6 Å². The van der Waals surface area contributed by atoms with E-state index in [4.69, 9.17) is 11.6 Å². The number of pyridine rings is 2. The summed E-state index contributed by atoms with van der Waals surface area (Å²) in [5.74, 6) is -0.213. The van der Waals surface area contributed by atoms with Crippen LogP contribution < -0.4 is 5.32 Å². The van der Waals surface area contributed by atoms with Crippen LogP contribution >= 0.6 is 11.6 Å². The van der Waals surface area contributed by atoms with Gasteiger partial charge in [-0.05, 0) is 68.3 Å². The van der Waals surface area contributed by atoms with Crippen molar-refractivity contribution in [2.75, 3.05) is 5.32 Å². The third-order valence-electron chi connectivity index (χ3n) is 3.62. The summed E-state index contributed by atoms with van der Waals surface area (Å²) < 4.78 is 12.7. The van der Waals surface area contributed by atoms with Crippen LogP contribution in [0.1, 0.15) is 28.4 Å². The molecular formula is C20H19ClFN3O. The van der Waals surface area contributed by atoms with E-state index in [1.165, 1.54) is 25.3 Å². The zero-order valence-corrected chi connectivity index (χ0v) is 15.5. The number of hydrogen-bond donors (Lipinski definition) is 1. The molecule has 0 atom stereocenters. The highest BCUT2D eigenvalue weighted by Crippen LogP contribution is 2.18. The Balaban J connectivity index is 0.000000197. The third kappa shape index (κ3) is 5.63. The lowest BCUT2D eigenvalue weighted by atomic mass is 10.1. The van der Waals surface area contributed by atoms with Gasteiger partial charge in [0.1, 0.15) is 11.0 Å². The first-order chi connectivity index (χ1) is 12.4. The van der Waals surface area contributed by atoms with E-state index in [2.05, 4.69) is 15.3 Å². The lowest BCUT2D eigenvalue weighted by Crippen LogP contribution is -1.96. The van der Waals surface area contributed by atoms with Crippen molar-refractivity contribution in [3.63, 3.8) is 0 Å². The molecule has 0 aliphatic heterocycles. The summed E-state index contributed by atoms with van der Waals surface area (Å²) in [5, 5.41) is 3.59. The SMILES string of the molecule is CC(=O)c1cnc(Cl)cc1C.Cc1ccncc1Nc1ccc(F)cc1. The molecule has 3 aromatic rings. The minimum Gasteiger partial charge on any atom is -0.354 e. The molecular weight excluding hydrogens is 353 g/mol. The van der Waals surface area contributed by atoms with Gasteiger partial charge in [-0.15, -0.1) is 0 Å². The van der Waals surface area contributed by atoms with Crippen molar-refractivity contribution in [3.05, 3.63) is 82.6 Å². The van der Waals surface area contributed by atoms with Crippen molar-refractivity contribution in [1.82, 2.24) is 9.97 Å². The number of rotatable bonds is 3. The van der Waals surface area contributed by atoms with Crippen molar-refractivity contribution in [2.24, 2.45) is 0 Å². The number of anilines is 2. The number of aryl methyl sites for hydroxylation is 2. The maximum absolute atomic E-state index is 12.7. The third-order valence-corrected chi connectivity index (χ3v) is 3.83. The van der Waals surface area contributed by atoms with Gasteiger partial charge in [0.25, 0.3) is 0 Å². The number of hydrogen-bond acceptors (Lipinski definition) is 4. The van der Waals surface area contributed by atoms with Crippen molar-refractivity contribution in [2.45, 2.75) is 20.8 Å². The molecule has 134 valence electrons. The minimum absolute atomic E-state index is 0.0201. The number of Topliss-reactive ketones (excluding diaryl/α,β-unsaturated/α-hetero) is 1. The summed E-state index contributed by atoms with van der Waals surface area (Å²) >= 11 is 5.60. The smallest absolute Gasteiger partial charge is 0.161 e. The van der Waals surface area contributed by atoms with E-state index in [1.54, 1.807) is 30.6 Å². The van der Waals surface area contributed by atoms with Crippen LogP contribution in [0.3, 0.4) is 0 Å². The van der Waals surface area contributed by atoms with Crippen LogP contribution in [-0.2, 0) is 0 Å². The Morgan fingerprint density at radius 1 is 1.08 bits per heavy atom. The Bertz CT molecular complexity index is 898. The van der Waals surface area contributed by atoms with Gasteiger partial charge in [0.2, 0.25) is 0 Å². The van der Waals surface area contributed by atoms with Crippen molar-refractivity contribution in [1.29, 1.82) is 0 Å². The second-order valence-electron chi connectivity index (χ2n) is 5.70. The number of carbonyl (C=O) groups is 1. The molecule has 0 saturated heterocycles. The molecule has 0 saturated carbocycles. The average molecular weight is 372 g/mol. The summed E-state index contributed by atoms with van der Waals surface area (Å²) in [4.78, 5) is 18.7. The first kappa shape index (κ1) is 19.5. The van der Waals surface area contributed by atoms with Gasteiger partial charge in [-0.3, -0.25) is 9.78 Å². The predicted octanol–water partition coefficient (Wildman–Crippen LogP) is 5.52. The number of benzene rings is 1. The fraction of sp³-hybridized carbons (Fsp3) is 0.150. The molecule has 26 heavy (non-hydrogen) atoms. The highest BCUT2D eigenvalue weighted by molar-refractivity contribution is 6.29. The van der Waals surface area contributed by atoms with Gasteiger partial charge in [-0.1, -0.05) is 11.6 Å².